The van der Waals surface area contributed by atoms with Crippen LogP contribution in [-0.2, 0) is 11.3 Å². The molecule has 1 N–H and O–H groups in total. The zero-order valence-electron chi connectivity index (χ0n) is 16.8. The SMILES string of the molecule is CCC(=O)N[C@@H](c1nccs1)[C@H]1CCCN(Cc2cc(OC)ccc2OC)C1. The van der Waals surface area contributed by atoms with Gasteiger partial charge in [-0.25, -0.2) is 4.98 Å². The molecule has 1 amide bonds. The maximum Gasteiger partial charge on any atom is 0.220 e. The molecule has 152 valence electrons. The average Bonchev–Trinajstić information content (AvgIpc) is 3.26. The molecule has 1 aliphatic rings. The number of likely N-dealkylation sites (tertiary alicyclic amines) is 1. The van der Waals surface area contributed by atoms with Gasteiger partial charge in [0, 0.05) is 36.7 Å². The molecule has 7 heteroatoms. The molecule has 0 unspecified atom stereocenters. The van der Waals surface area contributed by atoms with Crippen LogP contribution in [0.3, 0.4) is 0 Å². The minimum absolute atomic E-state index is 0.0255. The lowest BCUT2D eigenvalue weighted by molar-refractivity contribution is -0.122. The number of carbonyl (C=O) groups excluding carboxylic acids is 1. The van der Waals surface area contributed by atoms with Crippen LogP contribution in [0, 0.1) is 5.92 Å². The number of hydrogen-bond acceptors (Lipinski definition) is 6. The Morgan fingerprint density at radius 1 is 1.39 bits per heavy atom. The van der Waals surface area contributed by atoms with Gasteiger partial charge in [0.15, 0.2) is 0 Å². The van der Waals surface area contributed by atoms with Crippen molar-refractivity contribution in [3.05, 3.63) is 40.3 Å². The number of nitrogens with zero attached hydrogens (tertiary/aromatic N) is 2. The second-order valence-electron chi connectivity index (χ2n) is 7.08. The number of amides is 1. The molecular formula is C21H29N3O3S. The molecule has 0 aliphatic carbocycles. The monoisotopic (exact) mass is 403 g/mol. The molecule has 1 fully saturated rings. The van der Waals surface area contributed by atoms with E-state index < -0.39 is 0 Å². The van der Waals surface area contributed by atoms with Crippen LogP contribution >= 0.6 is 11.3 Å². The van der Waals surface area contributed by atoms with Gasteiger partial charge in [-0.2, -0.15) is 0 Å². The highest BCUT2D eigenvalue weighted by molar-refractivity contribution is 7.09. The summed E-state index contributed by atoms with van der Waals surface area (Å²) >= 11 is 1.61. The normalized spacial score (nSPS) is 18.5. The van der Waals surface area contributed by atoms with Gasteiger partial charge in [-0.1, -0.05) is 6.92 Å². The Morgan fingerprint density at radius 3 is 2.93 bits per heavy atom. The number of benzene rings is 1. The van der Waals surface area contributed by atoms with E-state index in [0.29, 0.717) is 12.3 Å². The van der Waals surface area contributed by atoms with Gasteiger partial charge in [-0.05, 0) is 43.5 Å². The molecule has 0 saturated carbocycles. The molecule has 6 nitrogen and oxygen atoms in total. The van der Waals surface area contributed by atoms with Crippen LogP contribution in [0.4, 0.5) is 0 Å². The average molecular weight is 404 g/mol. The first-order valence-corrected chi connectivity index (χ1v) is 10.6. The molecule has 3 rings (SSSR count). The van der Waals surface area contributed by atoms with Crippen LogP contribution in [0.25, 0.3) is 0 Å². The summed E-state index contributed by atoms with van der Waals surface area (Å²) in [6.07, 6.45) is 4.48. The van der Waals surface area contributed by atoms with E-state index in [1.165, 1.54) is 0 Å². The summed E-state index contributed by atoms with van der Waals surface area (Å²) < 4.78 is 10.9. The Bertz CT molecular complexity index is 766. The van der Waals surface area contributed by atoms with Gasteiger partial charge in [0.05, 0.1) is 20.3 Å². The van der Waals surface area contributed by atoms with E-state index >= 15 is 0 Å². The van der Waals surface area contributed by atoms with E-state index in [2.05, 4.69) is 15.2 Å². The molecule has 2 atom stereocenters. The highest BCUT2D eigenvalue weighted by Crippen LogP contribution is 2.33. The van der Waals surface area contributed by atoms with Crippen molar-refractivity contribution in [2.24, 2.45) is 5.92 Å². The molecule has 1 aromatic heterocycles. The molecular weight excluding hydrogens is 374 g/mol. The van der Waals surface area contributed by atoms with E-state index in [-0.39, 0.29) is 11.9 Å². The highest BCUT2D eigenvalue weighted by Gasteiger charge is 2.31. The zero-order chi connectivity index (χ0) is 19.9. The van der Waals surface area contributed by atoms with Gasteiger partial charge in [-0.15, -0.1) is 11.3 Å². The number of nitrogens with one attached hydrogen (secondary N) is 1. The summed E-state index contributed by atoms with van der Waals surface area (Å²) in [5, 5.41) is 6.17. The Kier molecular flexibility index (Phi) is 7.28. The van der Waals surface area contributed by atoms with Crippen LogP contribution in [-0.4, -0.2) is 43.1 Å². The fourth-order valence-electron chi connectivity index (χ4n) is 3.80. The first-order valence-electron chi connectivity index (χ1n) is 9.76. The van der Waals surface area contributed by atoms with Crippen molar-refractivity contribution < 1.29 is 14.3 Å². The third kappa shape index (κ3) is 5.02. The van der Waals surface area contributed by atoms with Crippen LogP contribution in [0.15, 0.2) is 29.8 Å². The quantitative estimate of drug-likeness (QED) is 0.729. The van der Waals surface area contributed by atoms with Gasteiger partial charge in [0.25, 0.3) is 0 Å². The van der Waals surface area contributed by atoms with Crippen LogP contribution in [0.5, 0.6) is 11.5 Å². The van der Waals surface area contributed by atoms with Crippen molar-refractivity contribution in [3.63, 3.8) is 0 Å². The molecule has 0 radical (unpaired) electrons. The zero-order valence-corrected chi connectivity index (χ0v) is 17.6. The van der Waals surface area contributed by atoms with Gasteiger partial charge in [-0.3, -0.25) is 9.69 Å². The summed E-state index contributed by atoms with van der Waals surface area (Å²) in [6, 6.07) is 5.89. The molecule has 2 aromatic rings. The van der Waals surface area contributed by atoms with Crippen molar-refractivity contribution in [1.82, 2.24) is 15.2 Å². The number of carbonyl (C=O) groups is 1. The number of rotatable bonds is 8. The Balaban J connectivity index is 1.74. The van der Waals surface area contributed by atoms with E-state index in [4.69, 9.17) is 9.47 Å². The Labute approximate surface area is 170 Å². The molecule has 2 heterocycles. The van der Waals surface area contributed by atoms with E-state index in [0.717, 1.165) is 54.5 Å². The molecule has 1 aliphatic heterocycles. The fourth-order valence-corrected chi connectivity index (χ4v) is 4.58. The number of ether oxygens (including phenoxy) is 2. The highest BCUT2D eigenvalue weighted by atomic mass is 32.1. The molecule has 28 heavy (non-hydrogen) atoms. The third-order valence-electron chi connectivity index (χ3n) is 5.25. The summed E-state index contributed by atoms with van der Waals surface area (Å²) in [6.45, 7) is 4.62. The number of hydrogen-bond donors (Lipinski definition) is 1. The minimum atomic E-state index is -0.0255. The van der Waals surface area contributed by atoms with E-state index in [1.54, 1.807) is 25.6 Å². The molecule has 1 aromatic carbocycles. The van der Waals surface area contributed by atoms with Gasteiger partial charge >= 0.3 is 0 Å². The number of aromatic nitrogens is 1. The number of piperidine rings is 1. The second-order valence-corrected chi connectivity index (χ2v) is 8.01. The van der Waals surface area contributed by atoms with E-state index in [1.807, 2.05) is 36.7 Å². The third-order valence-corrected chi connectivity index (χ3v) is 6.11. The smallest absolute Gasteiger partial charge is 0.220 e. The first kappa shape index (κ1) is 20.6. The topological polar surface area (TPSA) is 63.7 Å². The fraction of sp³-hybridized carbons (Fsp3) is 0.524. The molecule has 1 saturated heterocycles. The van der Waals surface area contributed by atoms with Crippen molar-refractivity contribution in [1.29, 1.82) is 0 Å². The van der Waals surface area contributed by atoms with Crippen LogP contribution in [0.1, 0.15) is 42.8 Å². The second kappa shape index (κ2) is 9.89. The largest absolute Gasteiger partial charge is 0.497 e. The first-order chi connectivity index (χ1) is 13.6. The predicted molar refractivity (Wildman–Crippen MR) is 111 cm³/mol. The van der Waals surface area contributed by atoms with E-state index in [9.17, 15) is 4.79 Å². The van der Waals surface area contributed by atoms with Gasteiger partial charge < -0.3 is 14.8 Å². The lowest BCUT2D eigenvalue weighted by Crippen LogP contribution is -2.42. The van der Waals surface area contributed by atoms with Crippen LogP contribution in [0.2, 0.25) is 0 Å². The Morgan fingerprint density at radius 2 is 2.25 bits per heavy atom. The summed E-state index contributed by atoms with van der Waals surface area (Å²) in [5.41, 5.74) is 1.12. The van der Waals surface area contributed by atoms with Crippen molar-refractivity contribution in [3.8, 4) is 11.5 Å². The number of thiazole rings is 1. The van der Waals surface area contributed by atoms with Crippen molar-refractivity contribution in [2.75, 3.05) is 27.3 Å². The predicted octanol–water partition coefficient (Wildman–Crippen LogP) is 3.64. The van der Waals surface area contributed by atoms with Crippen LogP contribution < -0.4 is 14.8 Å². The van der Waals surface area contributed by atoms with Gasteiger partial charge in [0.2, 0.25) is 5.91 Å². The lowest BCUT2D eigenvalue weighted by atomic mass is 9.90. The minimum Gasteiger partial charge on any atom is -0.497 e. The van der Waals surface area contributed by atoms with Crippen molar-refractivity contribution in [2.45, 2.75) is 38.8 Å². The Hall–Kier alpha value is -2.12. The van der Waals surface area contributed by atoms with Gasteiger partial charge in [0.1, 0.15) is 16.5 Å². The lowest BCUT2D eigenvalue weighted by Gasteiger charge is -2.36. The molecule has 0 bridgehead atoms. The summed E-state index contributed by atoms with van der Waals surface area (Å²) in [4.78, 5) is 19.0. The summed E-state index contributed by atoms with van der Waals surface area (Å²) in [7, 11) is 3.38. The maximum absolute atomic E-state index is 12.1. The summed E-state index contributed by atoms with van der Waals surface area (Å²) in [5.74, 6) is 2.12. The maximum atomic E-state index is 12.1. The standard InChI is InChI=1S/C21H29N3O3S/c1-4-19(25)23-20(21-22-9-11-28-21)15-6-5-10-24(13-15)14-16-12-17(26-2)7-8-18(16)27-3/h7-9,11-12,15,20H,4-6,10,13-14H2,1-3H3,(H,23,25)/t15-,20+/m0/s1. The number of methoxy groups -OCH3 is 2. The van der Waals surface area contributed by atoms with Crippen molar-refractivity contribution >= 4 is 17.2 Å². The molecule has 0 spiro atoms.